The number of rotatable bonds is 5. The Balaban J connectivity index is 1.76. The number of para-hydroxylation sites is 1. The van der Waals surface area contributed by atoms with Gasteiger partial charge in [-0.1, -0.05) is 49.4 Å². The van der Waals surface area contributed by atoms with E-state index in [9.17, 15) is 9.59 Å². The van der Waals surface area contributed by atoms with E-state index in [0.717, 1.165) is 56.6 Å². The van der Waals surface area contributed by atoms with Gasteiger partial charge in [-0.15, -0.1) is 0 Å². The summed E-state index contributed by atoms with van der Waals surface area (Å²) in [6.07, 6.45) is 4.30. The van der Waals surface area contributed by atoms with Crippen molar-refractivity contribution >= 4 is 17.5 Å². The maximum Gasteiger partial charge on any atom is 0.249 e. The second kappa shape index (κ2) is 11.8. The average Bonchev–Trinajstić information content (AvgIpc) is 2.87. The zero-order chi connectivity index (χ0) is 24.8. The summed E-state index contributed by atoms with van der Waals surface area (Å²) in [5.41, 5.74) is 4.73. The van der Waals surface area contributed by atoms with Gasteiger partial charge in [-0.2, -0.15) is 0 Å². The fourth-order valence-electron chi connectivity index (χ4n) is 5.74. The molecule has 188 valence electrons. The third kappa shape index (κ3) is 5.93. The normalized spacial score (nSPS) is 21.2. The van der Waals surface area contributed by atoms with Gasteiger partial charge in [0.25, 0.3) is 0 Å². The zero-order valence-electron chi connectivity index (χ0n) is 21.4. The summed E-state index contributed by atoms with van der Waals surface area (Å²) in [4.78, 5) is 32.9. The van der Waals surface area contributed by atoms with Crippen molar-refractivity contribution in [3.63, 3.8) is 0 Å². The maximum atomic E-state index is 13.3. The Bertz CT molecular complexity index is 1020. The Hall–Kier alpha value is -2.70. The highest BCUT2D eigenvalue weighted by molar-refractivity contribution is 5.94. The Morgan fingerprint density at radius 3 is 2.49 bits per heavy atom. The molecular formula is C29H39N3O3. The van der Waals surface area contributed by atoms with Gasteiger partial charge in [-0.3, -0.25) is 14.5 Å². The van der Waals surface area contributed by atoms with E-state index in [4.69, 9.17) is 4.74 Å². The molecule has 0 saturated carbocycles. The third-order valence-electron chi connectivity index (χ3n) is 7.51. The van der Waals surface area contributed by atoms with Crippen LogP contribution >= 0.6 is 0 Å². The van der Waals surface area contributed by atoms with Crippen molar-refractivity contribution in [2.45, 2.75) is 71.1 Å². The number of ether oxygens (including phenoxy) is 1. The summed E-state index contributed by atoms with van der Waals surface area (Å²) in [5, 5.41) is 0. The molecule has 2 unspecified atom stereocenters. The van der Waals surface area contributed by atoms with Crippen LogP contribution < -0.4 is 4.90 Å². The van der Waals surface area contributed by atoms with Crippen LogP contribution in [0.1, 0.15) is 55.7 Å². The third-order valence-corrected chi connectivity index (χ3v) is 7.51. The van der Waals surface area contributed by atoms with Gasteiger partial charge in [0.1, 0.15) is 6.61 Å². The molecule has 1 fully saturated rings. The van der Waals surface area contributed by atoms with Crippen LogP contribution in [0.3, 0.4) is 0 Å². The summed E-state index contributed by atoms with van der Waals surface area (Å²) < 4.78 is 5.27. The molecule has 2 aromatic carbocycles. The molecule has 6 heteroatoms. The van der Waals surface area contributed by atoms with Crippen molar-refractivity contribution in [2.75, 3.05) is 31.7 Å². The second-order valence-electron chi connectivity index (χ2n) is 9.88. The predicted molar refractivity (Wildman–Crippen MR) is 139 cm³/mol. The van der Waals surface area contributed by atoms with Crippen LogP contribution in [-0.4, -0.2) is 60.5 Å². The van der Waals surface area contributed by atoms with Gasteiger partial charge in [0.2, 0.25) is 11.8 Å². The average molecular weight is 478 g/mol. The molecule has 1 saturated heterocycles. The molecule has 0 spiro atoms. The van der Waals surface area contributed by atoms with Gasteiger partial charge in [0.15, 0.2) is 0 Å². The summed E-state index contributed by atoms with van der Waals surface area (Å²) in [5.74, 6) is 0.187. The van der Waals surface area contributed by atoms with E-state index >= 15 is 0 Å². The van der Waals surface area contributed by atoms with Crippen LogP contribution in [-0.2, 0) is 27.4 Å². The molecule has 2 amide bonds. The van der Waals surface area contributed by atoms with E-state index < -0.39 is 0 Å². The molecule has 6 nitrogen and oxygen atoms in total. The summed E-state index contributed by atoms with van der Waals surface area (Å²) >= 11 is 0. The SMILES string of the molecule is CCC(=O)N1CCC2CCCC(CN(Cc3ccccc3C)Cc3ccccc31)N2C(=O)COC. The van der Waals surface area contributed by atoms with Crippen LogP contribution in [0.15, 0.2) is 48.5 Å². The molecule has 2 aromatic rings. The smallest absolute Gasteiger partial charge is 0.249 e. The Labute approximate surface area is 209 Å². The summed E-state index contributed by atoms with van der Waals surface area (Å²) in [6.45, 7) is 7.13. The largest absolute Gasteiger partial charge is 0.375 e. The molecule has 35 heavy (non-hydrogen) atoms. The highest BCUT2D eigenvalue weighted by Gasteiger charge is 2.36. The predicted octanol–water partition coefficient (Wildman–Crippen LogP) is 4.54. The number of hydrogen-bond acceptors (Lipinski definition) is 4. The van der Waals surface area contributed by atoms with Gasteiger partial charge in [0, 0.05) is 57.5 Å². The van der Waals surface area contributed by atoms with Crippen molar-refractivity contribution < 1.29 is 14.3 Å². The number of amides is 2. The number of fused-ring (bicyclic) bond motifs is 3. The van der Waals surface area contributed by atoms with Crippen molar-refractivity contribution in [1.29, 1.82) is 0 Å². The van der Waals surface area contributed by atoms with Crippen molar-refractivity contribution in [2.24, 2.45) is 0 Å². The van der Waals surface area contributed by atoms with Gasteiger partial charge in [0.05, 0.1) is 0 Å². The Morgan fingerprint density at radius 2 is 1.71 bits per heavy atom. The van der Waals surface area contributed by atoms with Gasteiger partial charge >= 0.3 is 0 Å². The molecule has 0 aliphatic carbocycles. The minimum absolute atomic E-state index is 0.0585. The van der Waals surface area contributed by atoms with E-state index in [1.807, 2.05) is 17.9 Å². The first-order chi connectivity index (χ1) is 17.0. The first kappa shape index (κ1) is 25.4. The van der Waals surface area contributed by atoms with Crippen molar-refractivity contribution in [1.82, 2.24) is 9.80 Å². The molecule has 0 N–H and O–H groups in total. The first-order valence-corrected chi connectivity index (χ1v) is 13.0. The standard InChI is InChI=1S/C29H39N3O3/c1-4-28(33)31-17-16-25-13-9-14-26(32(25)29(34)21-35-3)20-30(18-23-11-6-5-10-22(23)2)19-24-12-7-8-15-27(24)31/h5-8,10-12,15,25-26H,4,9,13-14,16-21H2,1-3H3. The van der Waals surface area contributed by atoms with Crippen LogP contribution in [0.2, 0.25) is 0 Å². The molecule has 0 aromatic heterocycles. The molecule has 2 aliphatic rings. The number of aryl methyl sites for hydroxylation is 1. The lowest BCUT2D eigenvalue weighted by Crippen LogP contribution is -2.55. The van der Waals surface area contributed by atoms with E-state index in [-0.39, 0.29) is 30.5 Å². The van der Waals surface area contributed by atoms with Gasteiger partial charge in [-0.25, -0.2) is 0 Å². The Kier molecular flexibility index (Phi) is 8.58. The monoisotopic (exact) mass is 477 g/mol. The van der Waals surface area contributed by atoms with Gasteiger partial charge in [-0.05, 0) is 55.4 Å². The number of nitrogens with zero attached hydrogens (tertiary/aromatic N) is 3. The lowest BCUT2D eigenvalue weighted by atomic mass is 9.92. The van der Waals surface area contributed by atoms with Crippen LogP contribution in [0.5, 0.6) is 0 Å². The number of benzene rings is 2. The van der Waals surface area contributed by atoms with Crippen LogP contribution in [0.25, 0.3) is 0 Å². The maximum absolute atomic E-state index is 13.3. The van der Waals surface area contributed by atoms with E-state index in [2.05, 4.69) is 59.2 Å². The lowest BCUT2D eigenvalue weighted by molar-refractivity contribution is -0.143. The van der Waals surface area contributed by atoms with E-state index in [1.165, 1.54) is 11.1 Å². The van der Waals surface area contributed by atoms with Gasteiger partial charge < -0.3 is 14.5 Å². The fraction of sp³-hybridized carbons (Fsp3) is 0.517. The molecule has 4 rings (SSSR count). The van der Waals surface area contributed by atoms with Crippen LogP contribution in [0.4, 0.5) is 5.69 Å². The quantitative estimate of drug-likeness (QED) is 0.635. The molecule has 2 aliphatic heterocycles. The summed E-state index contributed by atoms with van der Waals surface area (Å²) in [6, 6.07) is 17.1. The molecule has 2 atom stereocenters. The minimum Gasteiger partial charge on any atom is -0.375 e. The molecule has 2 heterocycles. The number of carbonyl (C=O) groups excluding carboxylic acids is 2. The second-order valence-corrected chi connectivity index (χ2v) is 9.88. The number of hydrogen-bond donors (Lipinski definition) is 0. The van der Waals surface area contributed by atoms with E-state index in [0.29, 0.717) is 13.0 Å². The van der Waals surface area contributed by atoms with Crippen molar-refractivity contribution in [3.05, 3.63) is 65.2 Å². The minimum atomic E-state index is 0.0585. The number of carbonyl (C=O) groups is 2. The zero-order valence-corrected chi connectivity index (χ0v) is 21.4. The highest BCUT2D eigenvalue weighted by Crippen LogP contribution is 2.31. The molecular weight excluding hydrogens is 438 g/mol. The fourth-order valence-corrected chi connectivity index (χ4v) is 5.74. The number of anilines is 1. The molecule has 0 radical (unpaired) electrons. The molecule has 2 bridgehead atoms. The highest BCUT2D eigenvalue weighted by atomic mass is 16.5. The van der Waals surface area contributed by atoms with Crippen molar-refractivity contribution in [3.8, 4) is 0 Å². The van der Waals surface area contributed by atoms with E-state index in [1.54, 1.807) is 7.11 Å². The first-order valence-electron chi connectivity index (χ1n) is 13.0. The lowest BCUT2D eigenvalue weighted by Gasteiger charge is -2.44. The van der Waals surface area contributed by atoms with Crippen LogP contribution in [0, 0.1) is 6.92 Å². The number of piperidine rings is 1. The Morgan fingerprint density at radius 1 is 0.971 bits per heavy atom. The summed E-state index contributed by atoms with van der Waals surface area (Å²) in [7, 11) is 1.59. The topological polar surface area (TPSA) is 53.1 Å². The number of methoxy groups -OCH3 is 1.